The van der Waals surface area contributed by atoms with E-state index in [9.17, 15) is 0 Å². The average molecular weight is 209 g/mol. The topological polar surface area (TPSA) is 8.81 Å². The molecule has 0 aromatic carbocycles. The monoisotopic (exact) mass is 209 g/mol. The maximum absolute atomic E-state index is 2.33. The van der Waals surface area contributed by atoms with Crippen LogP contribution in [0.4, 0.5) is 0 Å². The number of hydrogen-bond donors (Lipinski definition) is 0. The van der Waals surface area contributed by atoms with Crippen LogP contribution >= 0.6 is 0 Å². The molecule has 1 rings (SSSR count). The molecule has 0 radical (unpaired) electrons. The van der Waals surface area contributed by atoms with E-state index in [1.807, 2.05) is 0 Å². The summed E-state index contributed by atoms with van der Waals surface area (Å²) in [6.07, 6.45) is 0. The minimum Gasteiger partial charge on any atom is -0.160 e. The van der Waals surface area contributed by atoms with Crippen LogP contribution < -0.4 is 4.68 Å². The number of aromatic nitrogens is 2. The molecule has 1 heterocycles. The molecule has 0 saturated heterocycles. The highest BCUT2D eigenvalue weighted by atomic mass is 15.4. The molecule has 0 saturated carbocycles. The summed E-state index contributed by atoms with van der Waals surface area (Å²) in [6.45, 7) is 13.6. The molecule has 0 aliphatic heterocycles. The average Bonchev–Trinajstić information content (AvgIpc) is 2.26. The number of hydrogen-bond acceptors (Lipinski definition) is 0. The van der Waals surface area contributed by atoms with Gasteiger partial charge in [0.15, 0.2) is 7.05 Å². The molecule has 0 spiro atoms. The van der Waals surface area contributed by atoms with Crippen molar-refractivity contribution < 1.29 is 4.68 Å². The van der Waals surface area contributed by atoms with Crippen molar-refractivity contribution in [3.63, 3.8) is 0 Å². The number of nitrogens with zero attached hydrogens (tertiary/aromatic N) is 2. The lowest BCUT2D eigenvalue weighted by Gasteiger charge is -2.16. The molecule has 86 valence electrons. The highest BCUT2D eigenvalue weighted by Gasteiger charge is 2.32. The standard InChI is InChI=1S/C13H25N2/c1-12(2,3)10-9-11(13(4,5)6)15(8)14(10)7/h9H,1-8H3/q+1. The Morgan fingerprint density at radius 2 is 1.47 bits per heavy atom. The Morgan fingerprint density at radius 1 is 1.00 bits per heavy atom. The summed E-state index contributed by atoms with van der Waals surface area (Å²) in [5.41, 5.74) is 3.18. The van der Waals surface area contributed by atoms with Gasteiger partial charge in [-0.3, -0.25) is 0 Å². The van der Waals surface area contributed by atoms with E-state index in [0.717, 1.165) is 0 Å². The molecule has 0 fully saturated rings. The molecular weight excluding hydrogens is 184 g/mol. The van der Waals surface area contributed by atoms with Gasteiger partial charge in [0.05, 0.1) is 12.7 Å². The second kappa shape index (κ2) is 3.36. The Labute approximate surface area is 93.9 Å². The van der Waals surface area contributed by atoms with Gasteiger partial charge in [-0.25, -0.2) is 0 Å². The highest BCUT2D eigenvalue weighted by molar-refractivity contribution is 5.18. The Balaban J connectivity index is 3.38. The molecule has 15 heavy (non-hydrogen) atoms. The van der Waals surface area contributed by atoms with Gasteiger partial charge in [-0.1, -0.05) is 41.5 Å². The van der Waals surface area contributed by atoms with Crippen LogP contribution in [0.3, 0.4) is 0 Å². The summed E-state index contributed by atoms with van der Waals surface area (Å²) in [7, 11) is 4.27. The van der Waals surface area contributed by atoms with E-state index in [4.69, 9.17) is 0 Å². The molecule has 0 unspecified atom stereocenters. The lowest BCUT2D eigenvalue weighted by atomic mass is 9.88. The molecule has 0 amide bonds. The first-order valence-corrected chi connectivity index (χ1v) is 5.62. The summed E-state index contributed by atoms with van der Waals surface area (Å²) in [4.78, 5) is 0. The molecule has 0 N–H and O–H groups in total. The van der Waals surface area contributed by atoms with Gasteiger partial charge in [0.1, 0.15) is 0 Å². The van der Waals surface area contributed by atoms with Crippen LogP contribution in [-0.2, 0) is 24.9 Å². The van der Waals surface area contributed by atoms with Crippen molar-refractivity contribution in [2.24, 2.45) is 14.1 Å². The zero-order valence-corrected chi connectivity index (χ0v) is 11.5. The minimum atomic E-state index is 0.204. The summed E-state index contributed by atoms with van der Waals surface area (Å²) >= 11 is 0. The molecular formula is C13H25N2+. The fourth-order valence-electron chi connectivity index (χ4n) is 2.04. The van der Waals surface area contributed by atoms with Crippen LogP contribution in [-0.4, -0.2) is 4.68 Å². The van der Waals surface area contributed by atoms with Gasteiger partial charge in [-0.15, -0.1) is 4.68 Å². The van der Waals surface area contributed by atoms with Crippen LogP contribution in [0.15, 0.2) is 6.07 Å². The van der Waals surface area contributed by atoms with Gasteiger partial charge >= 0.3 is 0 Å². The summed E-state index contributed by atoms with van der Waals surface area (Å²) in [6, 6.07) is 2.33. The maximum Gasteiger partial charge on any atom is 0.213 e. The van der Waals surface area contributed by atoms with E-state index >= 15 is 0 Å². The SMILES string of the molecule is Cn1c(C(C)(C)C)cc(C(C)(C)C)[n+]1C. The molecule has 0 atom stereocenters. The van der Waals surface area contributed by atoms with Crippen molar-refractivity contribution in [1.82, 2.24) is 4.68 Å². The second-order valence-electron chi connectivity index (χ2n) is 6.46. The predicted octanol–water partition coefficient (Wildman–Crippen LogP) is 2.44. The van der Waals surface area contributed by atoms with E-state index < -0.39 is 0 Å². The Kier molecular flexibility index (Phi) is 2.75. The first-order chi connectivity index (χ1) is 6.55. The third-order valence-corrected chi connectivity index (χ3v) is 2.96. The molecule has 1 aromatic heterocycles. The molecule has 0 bridgehead atoms. The Hall–Kier alpha value is -0.790. The van der Waals surface area contributed by atoms with Crippen LogP contribution in [0.25, 0.3) is 0 Å². The third kappa shape index (κ3) is 2.24. The summed E-state index contributed by atoms with van der Waals surface area (Å²) in [5, 5.41) is 0. The van der Waals surface area contributed by atoms with Crippen molar-refractivity contribution in [1.29, 1.82) is 0 Å². The zero-order chi connectivity index (χ0) is 12.0. The van der Waals surface area contributed by atoms with Crippen LogP contribution in [0.1, 0.15) is 52.9 Å². The van der Waals surface area contributed by atoms with E-state index in [1.54, 1.807) is 0 Å². The van der Waals surface area contributed by atoms with Crippen LogP contribution in [0.2, 0.25) is 0 Å². The number of rotatable bonds is 0. The second-order valence-corrected chi connectivity index (χ2v) is 6.46. The lowest BCUT2D eigenvalue weighted by molar-refractivity contribution is -0.760. The van der Waals surface area contributed by atoms with Crippen molar-refractivity contribution in [3.8, 4) is 0 Å². The molecule has 1 aromatic rings. The summed E-state index contributed by atoms with van der Waals surface area (Å²) < 4.78 is 4.50. The maximum atomic E-state index is 2.33. The van der Waals surface area contributed by atoms with Crippen molar-refractivity contribution in [2.75, 3.05) is 0 Å². The zero-order valence-electron chi connectivity index (χ0n) is 11.5. The Morgan fingerprint density at radius 3 is 1.67 bits per heavy atom. The Bertz CT molecular complexity index is 325. The first kappa shape index (κ1) is 12.3. The fraction of sp³-hybridized carbons (Fsp3) is 0.769. The van der Waals surface area contributed by atoms with Gasteiger partial charge in [0.25, 0.3) is 0 Å². The van der Waals surface area contributed by atoms with E-state index in [0.29, 0.717) is 0 Å². The quantitative estimate of drug-likeness (QED) is 0.580. The largest absolute Gasteiger partial charge is 0.213 e. The van der Waals surface area contributed by atoms with Gasteiger partial charge in [-0.05, 0) is 0 Å². The van der Waals surface area contributed by atoms with Crippen LogP contribution in [0, 0.1) is 0 Å². The van der Waals surface area contributed by atoms with Gasteiger partial charge in [0, 0.05) is 16.9 Å². The molecule has 2 heteroatoms. The van der Waals surface area contributed by atoms with Crippen molar-refractivity contribution >= 4 is 0 Å². The molecule has 2 nitrogen and oxygen atoms in total. The first-order valence-electron chi connectivity index (χ1n) is 5.62. The molecule has 0 aliphatic rings. The van der Waals surface area contributed by atoms with Crippen molar-refractivity contribution in [2.45, 2.75) is 52.4 Å². The van der Waals surface area contributed by atoms with E-state index in [2.05, 4.69) is 71.1 Å². The van der Waals surface area contributed by atoms with Crippen molar-refractivity contribution in [3.05, 3.63) is 17.5 Å². The van der Waals surface area contributed by atoms with Crippen LogP contribution in [0.5, 0.6) is 0 Å². The third-order valence-electron chi connectivity index (χ3n) is 2.96. The predicted molar refractivity (Wildman–Crippen MR) is 64.0 cm³/mol. The van der Waals surface area contributed by atoms with E-state index in [-0.39, 0.29) is 10.8 Å². The van der Waals surface area contributed by atoms with E-state index in [1.165, 1.54) is 11.4 Å². The molecule has 0 aliphatic carbocycles. The fourth-order valence-corrected chi connectivity index (χ4v) is 2.04. The van der Waals surface area contributed by atoms with Gasteiger partial charge in [-0.2, -0.15) is 4.68 Å². The summed E-state index contributed by atoms with van der Waals surface area (Å²) in [5.74, 6) is 0. The highest BCUT2D eigenvalue weighted by Crippen LogP contribution is 2.26. The normalized spacial score (nSPS) is 13.3. The smallest absolute Gasteiger partial charge is 0.160 e. The van der Waals surface area contributed by atoms with Gasteiger partial charge < -0.3 is 0 Å². The van der Waals surface area contributed by atoms with Gasteiger partial charge in [0.2, 0.25) is 5.69 Å². The minimum absolute atomic E-state index is 0.204. The lowest BCUT2D eigenvalue weighted by Crippen LogP contribution is -2.45.